The topological polar surface area (TPSA) is 46.4 Å². The van der Waals surface area contributed by atoms with E-state index in [4.69, 9.17) is 0 Å². The van der Waals surface area contributed by atoms with Gasteiger partial charge in [0.25, 0.3) is 5.69 Å². The molecule has 5 heteroatoms. The highest BCUT2D eigenvalue weighted by Crippen LogP contribution is 2.39. The van der Waals surface area contributed by atoms with Crippen molar-refractivity contribution in [2.75, 3.05) is 13.1 Å². The normalized spacial score (nSPS) is 14.9. The Morgan fingerprint density at radius 3 is 2.09 bits per heavy atom. The number of benzene rings is 3. The van der Waals surface area contributed by atoms with E-state index in [1.807, 2.05) is 0 Å². The third kappa shape index (κ3) is 4.82. The molecule has 0 bridgehead atoms. The summed E-state index contributed by atoms with van der Waals surface area (Å²) in [6.45, 7) is 1.84. The smallest absolute Gasteiger partial charge is 0.269 e. The molecule has 4 nitrogen and oxygen atoms in total. The molecule has 0 unspecified atom stereocenters. The van der Waals surface area contributed by atoms with Gasteiger partial charge in [0.1, 0.15) is 0 Å². The van der Waals surface area contributed by atoms with Crippen molar-refractivity contribution in [3.05, 3.63) is 123 Å². The molecule has 1 saturated heterocycles. The Bertz CT molecular complexity index is 1220. The Morgan fingerprint density at radius 1 is 0.853 bits per heavy atom. The van der Waals surface area contributed by atoms with Crippen molar-refractivity contribution in [1.29, 1.82) is 0 Å². The summed E-state index contributed by atoms with van der Waals surface area (Å²) in [5, 5.41) is 10.9. The first-order valence-corrected chi connectivity index (χ1v) is 11.5. The number of halogens is 1. The summed E-state index contributed by atoms with van der Waals surface area (Å²) in [6.07, 6.45) is 12.1. The van der Waals surface area contributed by atoms with Crippen molar-refractivity contribution in [3.8, 4) is 0 Å². The van der Waals surface area contributed by atoms with Crippen molar-refractivity contribution in [1.82, 2.24) is 4.90 Å². The predicted octanol–water partition coefficient (Wildman–Crippen LogP) is 7.46. The van der Waals surface area contributed by atoms with Gasteiger partial charge in [0.2, 0.25) is 0 Å². The van der Waals surface area contributed by atoms with Crippen LogP contribution in [0.3, 0.4) is 0 Å². The van der Waals surface area contributed by atoms with Crippen LogP contribution in [-0.4, -0.2) is 22.9 Å². The number of fused-ring (bicyclic) bond motifs is 2. The zero-order chi connectivity index (χ0) is 22.6. The summed E-state index contributed by atoms with van der Waals surface area (Å²) in [5.41, 5.74) is 8.93. The largest absolute Gasteiger partial charge is 0.371 e. The van der Waals surface area contributed by atoms with Crippen LogP contribution in [0.4, 0.5) is 5.69 Å². The second kappa shape index (κ2) is 10.5. The number of likely N-dealkylation sites (tertiary alicyclic amines) is 1. The van der Waals surface area contributed by atoms with Gasteiger partial charge in [0.15, 0.2) is 0 Å². The van der Waals surface area contributed by atoms with Gasteiger partial charge < -0.3 is 4.90 Å². The predicted molar refractivity (Wildman–Crippen MR) is 143 cm³/mol. The molecule has 0 radical (unpaired) electrons. The fourth-order valence-electron chi connectivity index (χ4n) is 4.77. The van der Waals surface area contributed by atoms with Crippen LogP contribution in [0.15, 0.2) is 84.6 Å². The van der Waals surface area contributed by atoms with Crippen molar-refractivity contribution in [2.45, 2.75) is 19.3 Å². The van der Waals surface area contributed by atoms with Crippen LogP contribution in [0.1, 0.15) is 47.1 Å². The molecule has 0 amide bonds. The highest BCUT2D eigenvalue weighted by molar-refractivity contribution is 5.94. The van der Waals surface area contributed by atoms with Crippen molar-refractivity contribution in [3.63, 3.8) is 0 Å². The average Bonchev–Trinajstić information content (AvgIpc) is 3.02. The Kier molecular flexibility index (Phi) is 7.29. The van der Waals surface area contributed by atoms with Crippen LogP contribution in [0.5, 0.6) is 0 Å². The zero-order valence-electron chi connectivity index (χ0n) is 18.9. The van der Waals surface area contributed by atoms with Crippen LogP contribution in [-0.2, 0) is 0 Å². The molecule has 1 fully saturated rings. The summed E-state index contributed by atoms with van der Waals surface area (Å²) in [6, 6.07) is 24.0. The number of non-ortho nitro benzene ring substituents is 1. The van der Waals surface area contributed by atoms with Crippen molar-refractivity contribution >= 4 is 41.9 Å². The van der Waals surface area contributed by atoms with E-state index < -0.39 is 0 Å². The summed E-state index contributed by atoms with van der Waals surface area (Å²) in [4.78, 5) is 13.0. The molecule has 0 aromatic heterocycles. The molecule has 0 atom stereocenters. The quantitative estimate of drug-likeness (QED) is 0.229. The Morgan fingerprint density at radius 2 is 1.47 bits per heavy atom. The molecule has 0 spiro atoms. The minimum atomic E-state index is -0.364. The van der Waals surface area contributed by atoms with Crippen LogP contribution < -0.4 is 0 Å². The van der Waals surface area contributed by atoms with Crippen molar-refractivity contribution in [2.24, 2.45) is 0 Å². The lowest BCUT2D eigenvalue weighted by molar-refractivity contribution is -0.384. The molecule has 0 N–H and O–H groups in total. The van der Waals surface area contributed by atoms with E-state index in [1.165, 1.54) is 46.4 Å². The highest BCUT2D eigenvalue weighted by atomic mass is 35.5. The second-order valence-corrected chi connectivity index (χ2v) is 8.48. The summed E-state index contributed by atoms with van der Waals surface area (Å²) in [5.74, 6) is 0. The standard InChI is InChI=1S/C29H26N2O2.ClH/c32-31(33)25-18-14-22(15-19-25)8-7-21-30-20-6-5-13-28(30)29-26-11-3-1-9-23(26)16-17-24-10-2-4-12-27(24)29;/h1-4,7-12,14-19H,5-6,13,20-21H2;1H/b8-7+;. The minimum Gasteiger partial charge on any atom is -0.371 e. The fraction of sp³-hybridized carbons (Fsp3) is 0.172. The highest BCUT2D eigenvalue weighted by Gasteiger charge is 2.23. The van der Waals surface area contributed by atoms with E-state index in [1.54, 1.807) is 24.3 Å². The summed E-state index contributed by atoms with van der Waals surface area (Å²) >= 11 is 0. The molecule has 1 aliphatic carbocycles. The van der Waals surface area contributed by atoms with Crippen LogP contribution in [0.2, 0.25) is 0 Å². The van der Waals surface area contributed by atoms with Gasteiger partial charge in [-0.2, -0.15) is 0 Å². The molecule has 3 aromatic carbocycles. The van der Waals surface area contributed by atoms with Crippen molar-refractivity contribution < 1.29 is 4.92 Å². The molecule has 172 valence electrons. The van der Waals surface area contributed by atoms with Gasteiger partial charge in [-0.15, -0.1) is 12.4 Å². The van der Waals surface area contributed by atoms with E-state index in [0.29, 0.717) is 0 Å². The Balaban J connectivity index is 0.00000274. The average molecular weight is 471 g/mol. The molecule has 5 rings (SSSR count). The SMILES string of the molecule is Cl.O=[N+]([O-])c1ccc(/C=C/CN2CCCCC2=C2c3ccccc3C=Cc3ccccc32)cc1. The molecule has 3 aromatic rings. The van der Waals surface area contributed by atoms with E-state index >= 15 is 0 Å². The zero-order valence-corrected chi connectivity index (χ0v) is 19.7. The van der Waals surface area contributed by atoms with E-state index in [9.17, 15) is 10.1 Å². The summed E-state index contributed by atoms with van der Waals surface area (Å²) in [7, 11) is 0. The number of hydrogen-bond donors (Lipinski definition) is 0. The number of nitro benzene ring substituents is 1. The Labute approximate surface area is 206 Å². The molecule has 0 saturated carbocycles. The number of nitro groups is 1. The lowest BCUT2D eigenvalue weighted by Gasteiger charge is -2.34. The first-order valence-electron chi connectivity index (χ1n) is 11.5. The first kappa shape index (κ1) is 23.5. The second-order valence-electron chi connectivity index (χ2n) is 8.48. The molecular weight excluding hydrogens is 444 g/mol. The van der Waals surface area contributed by atoms with Crippen LogP contribution in [0.25, 0.3) is 23.8 Å². The number of hydrogen-bond acceptors (Lipinski definition) is 3. The van der Waals surface area contributed by atoms with Gasteiger partial charge in [-0.1, -0.05) is 72.8 Å². The molecule has 1 heterocycles. The lowest BCUT2D eigenvalue weighted by atomic mass is 9.89. The van der Waals surface area contributed by atoms with Gasteiger partial charge in [-0.25, -0.2) is 0 Å². The van der Waals surface area contributed by atoms with E-state index in [-0.39, 0.29) is 23.0 Å². The van der Waals surface area contributed by atoms with Gasteiger partial charge in [-0.05, 0) is 59.2 Å². The third-order valence-corrected chi connectivity index (χ3v) is 6.40. The molecule has 1 aliphatic heterocycles. The maximum Gasteiger partial charge on any atom is 0.269 e. The summed E-state index contributed by atoms with van der Waals surface area (Å²) < 4.78 is 0. The monoisotopic (exact) mass is 470 g/mol. The first-order chi connectivity index (χ1) is 16.2. The molecule has 34 heavy (non-hydrogen) atoms. The maximum absolute atomic E-state index is 10.9. The van der Waals surface area contributed by atoms with Crippen LogP contribution in [0, 0.1) is 10.1 Å². The number of nitrogens with zero attached hydrogens (tertiary/aromatic N) is 2. The van der Waals surface area contributed by atoms with Gasteiger partial charge in [-0.3, -0.25) is 10.1 Å². The van der Waals surface area contributed by atoms with E-state index in [2.05, 4.69) is 77.7 Å². The van der Waals surface area contributed by atoms with E-state index in [0.717, 1.165) is 25.1 Å². The number of piperidine rings is 1. The van der Waals surface area contributed by atoms with Gasteiger partial charge in [0.05, 0.1) is 4.92 Å². The fourth-order valence-corrected chi connectivity index (χ4v) is 4.77. The van der Waals surface area contributed by atoms with Crippen LogP contribution >= 0.6 is 12.4 Å². The molecular formula is C29H27ClN2O2. The third-order valence-electron chi connectivity index (χ3n) is 6.40. The van der Waals surface area contributed by atoms with Gasteiger partial charge in [0, 0.05) is 36.5 Å². The number of rotatable bonds is 4. The Hall–Kier alpha value is -3.63. The van der Waals surface area contributed by atoms with Gasteiger partial charge >= 0.3 is 0 Å². The molecule has 2 aliphatic rings. The number of allylic oxidation sites excluding steroid dienone is 1. The lowest BCUT2D eigenvalue weighted by Crippen LogP contribution is -2.29. The maximum atomic E-state index is 10.9. The minimum absolute atomic E-state index is 0.